The average Bonchev–Trinajstić information content (AvgIpc) is 2.94. The van der Waals surface area contributed by atoms with Gasteiger partial charge >= 0.3 is 0 Å². The lowest BCUT2D eigenvalue weighted by molar-refractivity contribution is 0.479. The predicted octanol–water partition coefficient (Wildman–Crippen LogP) is 2.48. The van der Waals surface area contributed by atoms with E-state index in [1.54, 1.807) is 11.3 Å². The maximum atomic E-state index is 11.6. The van der Waals surface area contributed by atoms with E-state index in [0.29, 0.717) is 12.3 Å². The zero-order valence-electron chi connectivity index (χ0n) is 11.7. The number of thiazole rings is 1. The first-order valence-electron chi connectivity index (χ1n) is 7.06. The van der Waals surface area contributed by atoms with E-state index in [1.807, 2.05) is 35.7 Å². The minimum absolute atomic E-state index is 0.0628. The monoisotopic (exact) mass is 322 g/mol. The van der Waals surface area contributed by atoms with Gasteiger partial charge in [-0.05, 0) is 12.8 Å². The van der Waals surface area contributed by atoms with Crippen molar-refractivity contribution < 1.29 is 8.42 Å². The molecule has 1 N–H and O–H groups in total. The number of hydrogen-bond acceptors (Lipinski definition) is 5. The summed E-state index contributed by atoms with van der Waals surface area (Å²) in [5, 5.41) is 6.37. The van der Waals surface area contributed by atoms with E-state index in [9.17, 15) is 8.42 Å². The fourth-order valence-electron chi connectivity index (χ4n) is 2.55. The summed E-state index contributed by atoms with van der Waals surface area (Å²) >= 11 is 1.61. The molecule has 1 aliphatic rings. The molecular weight excluding hydrogens is 304 g/mol. The van der Waals surface area contributed by atoms with Crippen LogP contribution in [0.1, 0.15) is 17.8 Å². The van der Waals surface area contributed by atoms with Crippen LogP contribution in [0.3, 0.4) is 0 Å². The fourth-order valence-corrected chi connectivity index (χ4v) is 4.97. The van der Waals surface area contributed by atoms with Crippen LogP contribution in [0.4, 0.5) is 0 Å². The standard InChI is InChI=1S/C15H18N2O2S2/c18-21(19)8-4-7-13(11-21)16-9-15-17-14(10-20-15)12-5-2-1-3-6-12/h1-3,5-6,10,13,16H,4,7-9,11H2. The number of aromatic nitrogens is 1. The van der Waals surface area contributed by atoms with Gasteiger partial charge < -0.3 is 5.32 Å². The van der Waals surface area contributed by atoms with Gasteiger partial charge in [0.2, 0.25) is 0 Å². The summed E-state index contributed by atoms with van der Waals surface area (Å²) in [4.78, 5) is 4.61. The molecule has 2 aromatic rings. The molecule has 1 fully saturated rings. The highest BCUT2D eigenvalue weighted by molar-refractivity contribution is 7.91. The molecule has 1 unspecified atom stereocenters. The first-order valence-corrected chi connectivity index (χ1v) is 9.76. The van der Waals surface area contributed by atoms with Crippen molar-refractivity contribution in [2.24, 2.45) is 0 Å². The second-order valence-corrected chi connectivity index (χ2v) is 8.50. The van der Waals surface area contributed by atoms with Gasteiger partial charge in [-0.15, -0.1) is 11.3 Å². The first-order chi connectivity index (χ1) is 10.1. The molecule has 3 rings (SSSR count). The molecule has 0 radical (unpaired) electrons. The molecule has 112 valence electrons. The Labute approximate surface area is 129 Å². The largest absolute Gasteiger partial charge is 0.307 e. The van der Waals surface area contributed by atoms with E-state index < -0.39 is 9.84 Å². The Kier molecular flexibility index (Phi) is 4.37. The molecule has 0 amide bonds. The van der Waals surface area contributed by atoms with Gasteiger partial charge in [0.05, 0.1) is 17.2 Å². The van der Waals surface area contributed by atoms with Crippen LogP contribution in [-0.2, 0) is 16.4 Å². The van der Waals surface area contributed by atoms with Crippen molar-refractivity contribution in [2.45, 2.75) is 25.4 Å². The van der Waals surface area contributed by atoms with Crippen LogP contribution < -0.4 is 5.32 Å². The van der Waals surface area contributed by atoms with Crippen LogP contribution in [0.15, 0.2) is 35.7 Å². The lowest BCUT2D eigenvalue weighted by Crippen LogP contribution is -2.39. The number of nitrogens with one attached hydrogen (secondary N) is 1. The van der Waals surface area contributed by atoms with Crippen molar-refractivity contribution >= 4 is 21.2 Å². The molecule has 1 atom stereocenters. The Morgan fingerprint density at radius 2 is 2.10 bits per heavy atom. The first kappa shape index (κ1) is 14.7. The lowest BCUT2D eigenvalue weighted by atomic mass is 10.2. The Bertz CT molecular complexity index is 695. The van der Waals surface area contributed by atoms with Crippen LogP contribution >= 0.6 is 11.3 Å². The van der Waals surface area contributed by atoms with Gasteiger partial charge in [0.1, 0.15) is 5.01 Å². The lowest BCUT2D eigenvalue weighted by Gasteiger charge is -2.22. The van der Waals surface area contributed by atoms with Crippen molar-refractivity contribution in [1.82, 2.24) is 10.3 Å². The third kappa shape index (κ3) is 3.90. The average molecular weight is 322 g/mol. The molecule has 1 aromatic carbocycles. The van der Waals surface area contributed by atoms with Crippen molar-refractivity contribution in [3.05, 3.63) is 40.7 Å². The molecule has 1 aliphatic heterocycles. The van der Waals surface area contributed by atoms with Gasteiger partial charge in [0.15, 0.2) is 9.84 Å². The van der Waals surface area contributed by atoms with Gasteiger partial charge in [0.25, 0.3) is 0 Å². The number of hydrogen-bond donors (Lipinski definition) is 1. The Hall–Kier alpha value is -1.24. The highest BCUT2D eigenvalue weighted by atomic mass is 32.2. The number of rotatable bonds is 4. The molecule has 0 spiro atoms. The van der Waals surface area contributed by atoms with Gasteiger partial charge in [-0.2, -0.15) is 0 Å². The van der Waals surface area contributed by atoms with Crippen LogP contribution in [0, 0.1) is 0 Å². The Morgan fingerprint density at radius 3 is 2.86 bits per heavy atom. The molecule has 0 aliphatic carbocycles. The van der Waals surface area contributed by atoms with Crippen LogP contribution in [0.5, 0.6) is 0 Å². The Morgan fingerprint density at radius 1 is 1.29 bits per heavy atom. The topological polar surface area (TPSA) is 59.1 Å². The molecule has 2 heterocycles. The molecule has 1 aromatic heterocycles. The summed E-state index contributed by atoms with van der Waals surface area (Å²) < 4.78 is 23.2. The molecule has 4 nitrogen and oxygen atoms in total. The van der Waals surface area contributed by atoms with Crippen molar-refractivity contribution in [1.29, 1.82) is 0 Å². The van der Waals surface area contributed by atoms with Crippen molar-refractivity contribution in [2.75, 3.05) is 11.5 Å². The highest BCUT2D eigenvalue weighted by Crippen LogP contribution is 2.21. The smallest absolute Gasteiger partial charge is 0.151 e. The van der Waals surface area contributed by atoms with Crippen molar-refractivity contribution in [3.63, 3.8) is 0 Å². The molecular formula is C15H18N2O2S2. The van der Waals surface area contributed by atoms with E-state index in [1.165, 1.54) is 0 Å². The van der Waals surface area contributed by atoms with Crippen LogP contribution in [-0.4, -0.2) is 30.9 Å². The third-order valence-electron chi connectivity index (χ3n) is 3.63. The quantitative estimate of drug-likeness (QED) is 0.939. The zero-order valence-corrected chi connectivity index (χ0v) is 13.3. The molecule has 1 saturated heterocycles. The second-order valence-electron chi connectivity index (χ2n) is 5.33. The summed E-state index contributed by atoms with van der Waals surface area (Å²) in [6, 6.07) is 10.1. The second kappa shape index (κ2) is 6.25. The minimum Gasteiger partial charge on any atom is -0.307 e. The van der Waals surface area contributed by atoms with Gasteiger partial charge in [-0.25, -0.2) is 13.4 Å². The number of nitrogens with zero attached hydrogens (tertiary/aromatic N) is 1. The third-order valence-corrected chi connectivity index (χ3v) is 6.30. The van der Waals surface area contributed by atoms with Gasteiger partial charge in [-0.1, -0.05) is 30.3 Å². The Balaban J connectivity index is 1.60. The molecule has 6 heteroatoms. The molecule has 21 heavy (non-hydrogen) atoms. The number of sulfone groups is 1. The minimum atomic E-state index is -2.85. The summed E-state index contributed by atoms with van der Waals surface area (Å²) in [6.07, 6.45) is 1.68. The van der Waals surface area contributed by atoms with Crippen LogP contribution in [0.25, 0.3) is 11.3 Å². The normalized spacial score (nSPS) is 21.2. The molecule has 0 saturated carbocycles. The van der Waals surface area contributed by atoms with Gasteiger partial charge in [-0.3, -0.25) is 0 Å². The van der Waals surface area contributed by atoms with E-state index in [-0.39, 0.29) is 11.8 Å². The van der Waals surface area contributed by atoms with E-state index in [2.05, 4.69) is 10.3 Å². The van der Waals surface area contributed by atoms with Crippen molar-refractivity contribution in [3.8, 4) is 11.3 Å². The van der Waals surface area contributed by atoms with E-state index >= 15 is 0 Å². The molecule has 0 bridgehead atoms. The van der Waals surface area contributed by atoms with E-state index in [4.69, 9.17) is 0 Å². The fraction of sp³-hybridized carbons (Fsp3) is 0.400. The maximum Gasteiger partial charge on any atom is 0.151 e. The van der Waals surface area contributed by atoms with Crippen LogP contribution in [0.2, 0.25) is 0 Å². The van der Waals surface area contributed by atoms with Gasteiger partial charge in [0, 0.05) is 23.5 Å². The zero-order chi connectivity index (χ0) is 14.7. The SMILES string of the molecule is O=S1(=O)CCCC(NCc2nc(-c3ccccc3)cs2)C1. The highest BCUT2D eigenvalue weighted by Gasteiger charge is 2.24. The predicted molar refractivity (Wildman–Crippen MR) is 86.1 cm³/mol. The summed E-state index contributed by atoms with van der Waals surface area (Å²) in [7, 11) is -2.85. The summed E-state index contributed by atoms with van der Waals surface area (Å²) in [6.45, 7) is 0.637. The summed E-state index contributed by atoms with van der Waals surface area (Å²) in [5.41, 5.74) is 2.09. The van der Waals surface area contributed by atoms with E-state index in [0.717, 1.165) is 29.1 Å². The number of benzene rings is 1. The maximum absolute atomic E-state index is 11.6. The summed E-state index contributed by atoms with van der Waals surface area (Å²) in [5.74, 6) is 0.588.